The third kappa shape index (κ3) is 4.40. The highest BCUT2D eigenvalue weighted by molar-refractivity contribution is 6.04. The van der Waals surface area contributed by atoms with Gasteiger partial charge in [-0.3, -0.25) is 5.32 Å². The topological polar surface area (TPSA) is 121 Å². The standard InChI is InChI=1S/C17H21N3O7/c1-6-26-16(21)13-9(2)20-27-15(13)19-17(22)18-10-7-11(23-3)14(25-5)12(8-10)24-4/h7-8H,6H2,1-5H3,(H2,18,19,22). The van der Waals surface area contributed by atoms with Crippen LogP contribution in [0.5, 0.6) is 17.2 Å². The van der Waals surface area contributed by atoms with E-state index in [1.54, 1.807) is 26.0 Å². The highest BCUT2D eigenvalue weighted by atomic mass is 16.5. The summed E-state index contributed by atoms with van der Waals surface area (Å²) in [4.78, 5) is 24.3. The number of hydrogen-bond acceptors (Lipinski definition) is 8. The van der Waals surface area contributed by atoms with Gasteiger partial charge in [-0.2, -0.15) is 0 Å². The fraction of sp³-hybridized carbons (Fsp3) is 0.353. The Morgan fingerprint density at radius 2 is 1.70 bits per heavy atom. The molecular weight excluding hydrogens is 358 g/mol. The minimum atomic E-state index is -0.661. The summed E-state index contributed by atoms with van der Waals surface area (Å²) in [5, 5.41) is 8.71. The van der Waals surface area contributed by atoms with Crippen molar-refractivity contribution in [1.29, 1.82) is 0 Å². The SMILES string of the molecule is CCOC(=O)c1c(C)noc1NC(=O)Nc1cc(OC)c(OC)c(OC)c1. The Kier molecular flexibility index (Phi) is 6.47. The van der Waals surface area contributed by atoms with E-state index in [1.165, 1.54) is 21.3 Å². The minimum absolute atomic E-state index is 0.0527. The van der Waals surface area contributed by atoms with Crippen LogP contribution < -0.4 is 24.8 Å². The second-order valence-electron chi connectivity index (χ2n) is 5.19. The van der Waals surface area contributed by atoms with Crippen molar-refractivity contribution in [2.45, 2.75) is 13.8 Å². The number of methoxy groups -OCH3 is 3. The highest BCUT2D eigenvalue weighted by Gasteiger charge is 2.23. The lowest BCUT2D eigenvalue weighted by Gasteiger charge is -2.14. The number of benzene rings is 1. The number of nitrogens with one attached hydrogen (secondary N) is 2. The molecule has 2 N–H and O–H groups in total. The van der Waals surface area contributed by atoms with Crippen molar-refractivity contribution in [3.63, 3.8) is 0 Å². The molecule has 0 aliphatic carbocycles. The molecule has 2 aromatic rings. The van der Waals surface area contributed by atoms with Crippen LogP contribution in [0, 0.1) is 6.92 Å². The van der Waals surface area contributed by atoms with Crippen LogP contribution in [0.2, 0.25) is 0 Å². The molecule has 1 aromatic heterocycles. The van der Waals surface area contributed by atoms with Gasteiger partial charge in [0.1, 0.15) is 5.56 Å². The van der Waals surface area contributed by atoms with Crippen molar-refractivity contribution >= 4 is 23.6 Å². The molecule has 0 aliphatic heterocycles. The first-order valence-corrected chi connectivity index (χ1v) is 7.96. The minimum Gasteiger partial charge on any atom is -0.493 e. The van der Waals surface area contributed by atoms with E-state index in [0.717, 1.165) is 0 Å². The molecule has 1 aromatic carbocycles. The maximum atomic E-state index is 12.3. The monoisotopic (exact) mass is 379 g/mol. The average molecular weight is 379 g/mol. The number of aryl methyl sites for hydroxylation is 1. The first kappa shape index (κ1) is 19.9. The van der Waals surface area contributed by atoms with Crippen LogP contribution in [-0.4, -0.2) is 45.1 Å². The van der Waals surface area contributed by atoms with Crippen LogP contribution in [0.15, 0.2) is 16.7 Å². The van der Waals surface area contributed by atoms with Gasteiger partial charge in [0.25, 0.3) is 0 Å². The number of hydrogen-bond donors (Lipinski definition) is 2. The highest BCUT2D eigenvalue weighted by Crippen LogP contribution is 2.39. The number of carbonyl (C=O) groups is 2. The zero-order valence-electron chi connectivity index (χ0n) is 15.7. The summed E-state index contributed by atoms with van der Waals surface area (Å²) in [7, 11) is 4.40. The molecule has 0 saturated carbocycles. The Morgan fingerprint density at radius 3 is 2.22 bits per heavy atom. The van der Waals surface area contributed by atoms with Gasteiger partial charge < -0.3 is 28.8 Å². The van der Waals surface area contributed by atoms with Crippen molar-refractivity contribution in [3.8, 4) is 17.2 Å². The van der Waals surface area contributed by atoms with E-state index in [4.69, 9.17) is 23.5 Å². The lowest BCUT2D eigenvalue weighted by Crippen LogP contribution is -2.21. The molecule has 0 radical (unpaired) electrons. The van der Waals surface area contributed by atoms with Crippen molar-refractivity contribution in [2.24, 2.45) is 0 Å². The first-order valence-electron chi connectivity index (χ1n) is 7.96. The van der Waals surface area contributed by atoms with Crippen molar-refractivity contribution in [2.75, 3.05) is 38.6 Å². The Hall–Kier alpha value is -3.43. The summed E-state index contributed by atoms with van der Waals surface area (Å²) in [5.74, 6) is 0.376. The predicted octanol–water partition coefficient (Wildman–Crippen LogP) is 2.83. The molecule has 2 amide bonds. The van der Waals surface area contributed by atoms with Crippen molar-refractivity contribution in [3.05, 3.63) is 23.4 Å². The van der Waals surface area contributed by atoms with Gasteiger partial charge >= 0.3 is 12.0 Å². The summed E-state index contributed by atoms with van der Waals surface area (Å²) in [5.41, 5.74) is 0.726. The molecule has 10 heteroatoms. The van der Waals surface area contributed by atoms with E-state index in [0.29, 0.717) is 28.6 Å². The number of aromatic nitrogens is 1. The zero-order valence-corrected chi connectivity index (χ0v) is 15.7. The molecule has 1 heterocycles. The van der Waals surface area contributed by atoms with Gasteiger partial charge in [-0.25, -0.2) is 9.59 Å². The molecule has 0 fully saturated rings. The molecule has 0 bridgehead atoms. The van der Waals surface area contributed by atoms with Crippen molar-refractivity contribution < 1.29 is 33.1 Å². The number of urea groups is 1. The smallest absolute Gasteiger partial charge is 0.345 e. The maximum Gasteiger partial charge on any atom is 0.345 e. The van der Waals surface area contributed by atoms with Crippen molar-refractivity contribution in [1.82, 2.24) is 5.16 Å². The lowest BCUT2D eigenvalue weighted by molar-refractivity contribution is 0.0526. The van der Waals surface area contributed by atoms with Gasteiger partial charge in [0.05, 0.1) is 39.3 Å². The molecule has 146 valence electrons. The maximum absolute atomic E-state index is 12.3. The zero-order chi connectivity index (χ0) is 20.0. The molecule has 10 nitrogen and oxygen atoms in total. The average Bonchev–Trinajstić information content (AvgIpc) is 3.00. The largest absolute Gasteiger partial charge is 0.493 e. The molecule has 0 spiro atoms. The molecule has 0 atom stereocenters. The van der Waals surface area contributed by atoms with E-state index in [9.17, 15) is 9.59 Å². The van der Waals surface area contributed by atoms with E-state index >= 15 is 0 Å². The van der Waals surface area contributed by atoms with Gasteiger partial charge in [0, 0.05) is 12.1 Å². The molecule has 0 aliphatic rings. The third-order valence-electron chi connectivity index (χ3n) is 3.49. The van der Waals surface area contributed by atoms with Crippen LogP contribution >= 0.6 is 0 Å². The molecule has 0 unspecified atom stereocenters. The Bertz CT molecular complexity index is 807. The van der Waals surface area contributed by atoms with Gasteiger partial charge in [-0.15, -0.1) is 0 Å². The third-order valence-corrected chi connectivity index (χ3v) is 3.49. The number of nitrogens with zero attached hydrogens (tertiary/aromatic N) is 1. The van der Waals surface area contributed by atoms with Crippen LogP contribution in [-0.2, 0) is 4.74 Å². The predicted molar refractivity (Wildman–Crippen MR) is 95.9 cm³/mol. The normalized spacial score (nSPS) is 10.1. The second-order valence-corrected chi connectivity index (χ2v) is 5.19. The number of amides is 2. The summed E-state index contributed by atoms with van der Waals surface area (Å²) in [6.07, 6.45) is 0. The number of ether oxygens (including phenoxy) is 4. The Balaban J connectivity index is 2.21. The Morgan fingerprint density at radius 1 is 1.07 bits per heavy atom. The number of anilines is 2. The quantitative estimate of drug-likeness (QED) is 0.705. The van der Waals surface area contributed by atoms with Crippen LogP contribution in [0.3, 0.4) is 0 Å². The van der Waals surface area contributed by atoms with Crippen LogP contribution in [0.1, 0.15) is 23.0 Å². The van der Waals surface area contributed by atoms with E-state index in [1.807, 2.05) is 0 Å². The summed E-state index contributed by atoms with van der Waals surface area (Å²) in [6, 6.07) is 2.45. The van der Waals surface area contributed by atoms with Gasteiger partial charge in [0.2, 0.25) is 11.6 Å². The first-order chi connectivity index (χ1) is 12.9. The summed E-state index contributed by atoms with van der Waals surface area (Å²) < 4.78 is 25.6. The van der Waals surface area contributed by atoms with E-state index in [2.05, 4.69) is 15.8 Å². The lowest BCUT2D eigenvalue weighted by atomic mass is 10.2. The van der Waals surface area contributed by atoms with Gasteiger partial charge in [-0.05, 0) is 13.8 Å². The summed E-state index contributed by atoms with van der Waals surface area (Å²) in [6.45, 7) is 3.42. The van der Waals surface area contributed by atoms with Gasteiger partial charge in [-0.1, -0.05) is 5.16 Å². The van der Waals surface area contributed by atoms with Crippen LogP contribution in [0.4, 0.5) is 16.4 Å². The fourth-order valence-corrected chi connectivity index (χ4v) is 2.32. The van der Waals surface area contributed by atoms with Crippen LogP contribution in [0.25, 0.3) is 0 Å². The Labute approximate surface area is 155 Å². The molecule has 2 rings (SSSR count). The van der Waals surface area contributed by atoms with E-state index in [-0.39, 0.29) is 18.1 Å². The molecule has 0 saturated heterocycles. The van der Waals surface area contributed by atoms with Gasteiger partial charge in [0.15, 0.2) is 11.5 Å². The molecular formula is C17H21N3O7. The number of esters is 1. The fourth-order valence-electron chi connectivity index (χ4n) is 2.32. The van der Waals surface area contributed by atoms with E-state index < -0.39 is 12.0 Å². The second kappa shape index (κ2) is 8.79. The number of carbonyl (C=O) groups excluding carboxylic acids is 2. The number of rotatable bonds is 7. The summed E-state index contributed by atoms with van der Waals surface area (Å²) >= 11 is 0. The molecule has 27 heavy (non-hydrogen) atoms.